The quantitative estimate of drug-likeness (QED) is 0.492. The molecule has 0 N–H and O–H groups in total. The molecule has 0 nitrogen and oxygen atoms in total. The van der Waals surface area contributed by atoms with Crippen molar-refractivity contribution >= 4 is 0 Å². The first-order valence-electron chi connectivity index (χ1n) is 5.32. The molecule has 0 aliphatic rings. The Hall–Kier alpha value is -1.04. The number of hydrogen-bond acceptors (Lipinski definition) is 0. The van der Waals surface area contributed by atoms with E-state index in [4.69, 9.17) is 0 Å². The van der Waals surface area contributed by atoms with E-state index in [1.165, 1.54) is 35.1 Å². The van der Waals surface area contributed by atoms with Crippen LogP contribution in [-0.2, 0) is 6.42 Å². The van der Waals surface area contributed by atoms with Gasteiger partial charge in [-0.25, -0.2) is 0 Å². The van der Waals surface area contributed by atoms with Crippen molar-refractivity contribution < 1.29 is 0 Å². The lowest BCUT2D eigenvalue weighted by atomic mass is 9.97. The van der Waals surface area contributed by atoms with Gasteiger partial charge in [-0.15, -0.1) is 6.58 Å². The van der Waals surface area contributed by atoms with Crippen LogP contribution in [0.3, 0.4) is 0 Å². The van der Waals surface area contributed by atoms with E-state index in [0.29, 0.717) is 0 Å². The lowest BCUT2D eigenvalue weighted by Crippen LogP contribution is -1.93. The Morgan fingerprint density at radius 2 is 1.71 bits per heavy atom. The van der Waals surface area contributed by atoms with Crippen molar-refractivity contribution in [1.82, 2.24) is 0 Å². The van der Waals surface area contributed by atoms with Gasteiger partial charge in [-0.05, 0) is 62.3 Å². The molecule has 76 valence electrons. The second kappa shape index (κ2) is 4.99. The minimum Gasteiger partial charge on any atom is -0.103 e. The summed E-state index contributed by atoms with van der Waals surface area (Å²) >= 11 is 0. The molecule has 1 rings (SSSR count). The topological polar surface area (TPSA) is 0 Å². The van der Waals surface area contributed by atoms with Gasteiger partial charge >= 0.3 is 0 Å². The standard InChI is InChI=1S/C14H20/c1-5-6-7-8-14-10-12(3)11(2)9-13(14)4/h5,9-10H,1,6-8H2,2-4H3. The highest BCUT2D eigenvalue weighted by atomic mass is 14.1. The highest BCUT2D eigenvalue weighted by Crippen LogP contribution is 2.17. The monoisotopic (exact) mass is 188 g/mol. The Morgan fingerprint density at radius 3 is 2.36 bits per heavy atom. The predicted octanol–water partition coefficient (Wildman–Crippen LogP) is 4.12. The lowest BCUT2D eigenvalue weighted by molar-refractivity contribution is 0.837. The van der Waals surface area contributed by atoms with Crippen molar-refractivity contribution in [1.29, 1.82) is 0 Å². The summed E-state index contributed by atoms with van der Waals surface area (Å²) in [5.41, 5.74) is 5.73. The fraction of sp³-hybridized carbons (Fsp3) is 0.429. The molecule has 0 fully saturated rings. The summed E-state index contributed by atoms with van der Waals surface area (Å²) < 4.78 is 0. The molecule has 0 amide bonds. The van der Waals surface area contributed by atoms with E-state index >= 15 is 0 Å². The SMILES string of the molecule is C=CCCCc1cc(C)c(C)cc1C. The zero-order valence-electron chi connectivity index (χ0n) is 9.56. The van der Waals surface area contributed by atoms with Crippen LogP contribution in [0, 0.1) is 20.8 Å². The van der Waals surface area contributed by atoms with E-state index in [9.17, 15) is 0 Å². The minimum absolute atomic E-state index is 1.12. The van der Waals surface area contributed by atoms with Crippen LogP contribution < -0.4 is 0 Å². The van der Waals surface area contributed by atoms with E-state index in [1.54, 1.807) is 0 Å². The molecule has 1 aromatic carbocycles. The van der Waals surface area contributed by atoms with Crippen molar-refractivity contribution in [3.63, 3.8) is 0 Å². The van der Waals surface area contributed by atoms with Crippen molar-refractivity contribution in [2.75, 3.05) is 0 Å². The number of hydrogen-bond donors (Lipinski definition) is 0. The zero-order valence-corrected chi connectivity index (χ0v) is 9.56. The third-order valence-corrected chi connectivity index (χ3v) is 2.81. The summed E-state index contributed by atoms with van der Waals surface area (Å²) in [4.78, 5) is 0. The van der Waals surface area contributed by atoms with Gasteiger partial charge in [0.05, 0.1) is 0 Å². The number of rotatable bonds is 4. The van der Waals surface area contributed by atoms with Crippen molar-refractivity contribution in [2.45, 2.75) is 40.0 Å². The van der Waals surface area contributed by atoms with Gasteiger partial charge in [-0.3, -0.25) is 0 Å². The second-order valence-corrected chi connectivity index (χ2v) is 4.04. The molecule has 0 heterocycles. The van der Waals surface area contributed by atoms with Crippen LogP contribution in [0.1, 0.15) is 35.1 Å². The molecule has 0 aliphatic carbocycles. The predicted molar refractivity (Wildman–Crippen MR) is 63.8 cm³/mol. The van der Waals surface area contributed by atoms with Crippen LogP contribution in [-0.4, -0.2) is 0 Å². The Balaban J connectivity index is 2.76. The molecule has 1 aromatic rings. The van der Waals surface area contributed by atoms with Crippen LogP contribution in [0.15, 0.2) is 24.8 Å². The molecule has 0 bridgehead atoms. The first kappa shape index (κ1) is 11.0. The van der Waals surface area contributed by atoms with E-state index in [2.05, 4.69) is 39.5 Å². The van der Waals surface area contributed by atoms with Crippen LogP contribution in [0.5, 0.6) is 0 Å². The van der Waals surface area contributed by atoms with Gasteiger partial charge in [0.15, 0.2) is 0 Å². The lowest BCUT2D eigenvalue weighted by Gasteiger charge is -2.09. The maximum Gasteiger partial charge on any atom is -0.0273 e. The third-order valence-electron chi connectivity index (χ3n) is 2.81. The molecule has 0 radical (unpaired) electrons. The molecular weight excluding hydrogens is 168 g/mol. The van der Waals surface area contributed by atoms with Gasteiger partial charge in [0.1, 0.15) is 0 Å². The minimum atomic E-state index is 1.12. The number of allylic oxidation sites excluding steroid dienone is 1. The smallest absolute Gasteiger partial charge is 0.0273 e. The highest BCUT2D eigenvalue weighted by molar-refractivity contribution is 5.36. The van der Waals surface area contributed by atoms with Crippen LogP contribution in [0.2, 0.25) is 0 Å². The Morgan fingerprint density at radius 1 is 1.07 bits per heavy atom. The van der Waals surface area contributed by atoms with Gasteiger partial charge in [-0.1, -0.05) is 18.2 Å². The maximum absolute atomic E-state index is 3.75. The number of unbranched alkanes of at least 4 members (excludes halogenated alkanes) is 1. The fourth-order valence-corrected chi connectivity index (χ4v) is 1.73. The van der Waals surface area contributed by atoms with E-state index in [1.807, 2.05) is 6.08 Å². The molecule has 0 atom stereocenters. The van der Waals surface area contributed by atoms with Crippen LogP contribution in [0.25, 0.3) is 0 Å². The van der Waals surface area contributed by atoms with Crippen LogP contribution in [0.4, 0.5) is 0 Å². The molecule has 0 aromatic heterocycles. The Labute approximate surface area is 87.7 Å². The maximum atomic E-state index is 3.75. The summed E-state index contributed by atoms with van der Waals surface area (Å²) in [5, 5.41) is 0. The largest absolute Gasteiger partial charge is 0.103 e. The summed E-state index contributed by atoms with van der Waals surface area (Å²) in [7, 11) is 0. The van der Waals surface area contributed by atoms with E-state index in [-0.39, 0.29) is 0 Å². The molecule has 0 aliphatic heterocycles. The third kappa shape index (κ3) is 2.73. The number of benzene rings is 1. The molecule has 0 unspecified atom stereocenters. The number of aryl methyl sites for hydroxylation is 4. The second-order valence-electron chi connectivity index (χ2n) is 4.04. The Bertz CT molecular complexity index is 321. The van der Waals surface area contributed by atoms with Gasteiger partial charge in [0, 0.05) is 0 Å². The zero-order chi connectivity index (χ0) is 10.6. The average molecular weight is 188 g/mol. The summed E-state index contributed by atoms with van der Waals surface area (Å²) in [5.74, 6) is 0. The Kier molecular flexibility index (Phi) is 3.94. The normalized spacial score (nSPS) is 10.2. The molecular formula is C14H20. The van der Waals surface area contributed by atoms with Crippen molar-refractivity contribution in [3.05, 3.63) is 47.0 Å². The van der Waals surface area contributed by atoms with Gasteiger partial charge in [0.25, 0.3) is 0 Å². The van der Waals surface area contributed by atoms with Crippen molar-refractivity contribution in [2.24, 2.45) is 0 Å². The van der Waals surface area contributed by atoms with Gasteiger partial charge in [-0.2, -0.15) is 0 Å². The van der Waals surface area contributed by atoms with Gasteiger partial charge < -0.3 is 0 Å². The summed E-state index contributed by atoms with van der Waals surface area (Å²) in [6, 6.07) is 4.62. The first-order valence-corrected chi connectivity index (χ1v) is 5.32. The summed E-state index contributed by atoms with van der Waals surface area (Å²) in [6.45, 7) is 10.3. The first-order chi connectivity index (χ1) is 6.65. The van der Waals surface area contributed by atoms with Gasteiger partial charge in [0.2, 0.25) is 0 Å². The highest BCUT2D eigenvalue weighted by Gasteiger charge is 2.00. The molecule has 14 heavy (non-hydrogen) atoms. The average Bonchev–Trinajstić information content (AvgIpc) is 2.14. The van der Waals surface area contributed by atoms with E-state index in [0.717, 1.165) is 6.42 Å². The van der Waals surface area contributed by atoms with Crippen molar-refractivity contribution in [3.8, 4) is 0 Å². The fourth-order valence-electron chi connectivity index (χ4n) is 1.73. The molecule has 0 saturated heterocycles. The van der Waals surface area contributed by atoms with Crippen LogP contribution >= 0.6 is 0 Å². The molecule has 0 heteroatoms. The molecule has 0 spiro atoms. The molecule has 0 saturated carbocycles. The summed E-state index contributed by atoms with van der Waals surface area (Å²) in [6.07, 6.45) is 5.51. The van der Waals surface area contributed by atoms with E-state index < -0.39 is 0 Å².